The molecule has 6 nitrogen and oxygen atoms in total. The second-order valence-corrected chi connectivity index (χ2v) is 10.8. The average Bonchev–Trinajstić information content (AvgIpc) is 3.03. The second-order valence-electron chi connectivity index (χ2n) is 10.8. The minimum absolute atomic E-state index is 0.00276. The van der Waals surface area contributed by atoms with Gasteiger partial charge in [-0.25, -0.2) is 0 Å². The number of halogens is 3. The Morgan fingerprint density at radius 1 is 0.841 bits per heavy atom. The summed E-state index contributed by atoms with van der Waals surface area (Å²) in [6.07, 6.45) is -4.43. The van der Waals surface area contributed by atoms with E-state index in [1.807, 2.05) is 62.4 Å². The maximum atomic E-state index is 13.4. The average molecular weight is 601 g/mol. The first kappa shape index (κ1) is 30.8. The number of nitrogens with one attached hydrogen (secondary N) is 2. The van der Waals surface area contributed by atoms with Crippen LogP contribution in [-0.4, -0.2) is 49.4 Å². The Labute approximate surface area is 255 Å². The van der Waals surface area contributed by atoms with Crippen molar-refractivity contribution in [3.8, 4) is 11.1 Å². The lowest BCUT2D eigenvalue weighted by Crippen LogP contribution is -2.51. The number of aryl methyl sites for hydroxylation is 1. The lowest BCUT2D eigenvalue weighted by molar-refractivity contribution is -0.137. The van der Waals surface area contributed by atoms with Crippen LogP contribution in [0.5, 0.6) is 0 Å². The molecule has 9 heteroatoms. The van der Waals surface area contributed by atoms with Crippen LogP contribution in [0.15, 0.2) is 97.1 Å². The van der Waals surface area contributed by atoms with Gasteiger partial charge in [-0.1, -0.05) is 60.7 Å². The normalized spacial score (nSPS) is 14.6. The zero-order chi connectivity index (χ0) is 31.3. The highest BCUT2D eigenvalue weighted by Crippen LogP contribution is 2.33. The molecule has 1 aliphatic rings. The van der Waals surface area contributed by atoms with Crippen LogP contribution in [0.25, 0.3) is 11.1 Å². The predicted molar refractivity (Wildman–Crippen MR) is 168 cm³/mol. The van der Waals surface area contributed by atoms with Crippen LogP contribution < -0.4 is 15.5 Å². The standard InChI is InChI=1S/C35H35F3N4O2/c1-3-39-34(44)32(26-9-5-4-6-10-26)42-21-19-41(20-22-42)28-17-18-31(24(2)23-28)40-33(43)30-12-8-7-11-29(30)25-13-15-27(16-14-25)35(36,37)38/h4-18,23,32H,3,19-22H2,1-2H3,(H,39,44)(H,40,43). The SMILES string of the molecule is CCNC(=O)C(c1ccccc1)N1CCN(c2ccc(NC(=O)c3ccccc3-c3ccc(C(F)(F)F)cc3)c(C)c2)CC1. The molecule has 1 heterocycles. The van der Waals surface area contributed by atoms with Crippen LogP contribution in [0.2, 0.25) is 0 Å². The smallest absolute Gasteiger partial charge is 0.369 e. The highest BCUT2D eigenvalue weighted by molar-refractivity contribution is 6.09. The quantitative estimate of drug-likeness (QED) is 0.230. The molecule has 0 spiro atoms. The summed E-state index contributed by atoms with van der Waals surface area (Å²) < 4.78 is 39.1. The van der Waals surface area contributed by atoms with Crippen LogP contribution in [0.1, 0.15) is 40.0 Å². The van der Waals surface area contributed by atoms with E-state index in [0.717, 1.165) is 55.1 Å². The third-order valence-electron chi connectivity index (χ3n) is 7.91. The minimum Gasteiger partial charge on any atom is -0.369 e. The van der Waals surface area contributed by atoms with E-state index in [0.29, 0.717) is 28.9 Å². The van der Waals surface area contributed by atoms with Crippen LogP contribution in [0.3, 0.4) is 0 Å². The van der Waals surface area contributed by atoms with Crippen LogP contribution in [-0.2, 0) is 11.0 Å². The number of amides is 2. The fourth-order valence-electron chi connectivity index (χ4n) is 5.62. The first-order chi connectivity index (χ1) is 21.2. The third kappa shape index (κ3) is 6.94. The lowest BCUT2D eigenvalue weighted by Gasteiger charge is -2.40. The maximum Gasteiger partial charge on any atom is 0.416 e. The number of piperazine rings is 1. The van der Waals surface area contributed by atoms with Crippen molar-refractivity contribution in [2.24, 2.45) is 0 Å². The number of nitrogens with zero attached hydrogens (tertiary/aromatic N) is 2. The second kappa shape index (κ2) is 13.3. The summed E-state index contributed by atoms with van der Waals surface area (Å²) in [5.74, 6) is -0.342. The number of benzene rings is 4. The van der Waals surface area contributed by atoms with Crippen molar-refractivity contribution in [2.45, 2.75) is 26.1 Å². The molecular weight excluding hydrogens is 565 g/mol. The topological polar surface area (TPSA) is 64.7 Å². The van der Waals surface area contributed by atoms with E-state index in [-0.39, 0.29) is 17.9 Å². The molecule has 4 aromatic rings. The number of likely N-dealkylation sites (N-methyl/N-ethyl adjacent to an activating group) is 1. The fraction of sp³-hybridized carbons (Fsp3) is 0.257. The number of carbonyl (C=O) groups is 2. The zero-order valence-electron chi connectivity index (χ0n) is 24.7. The number of hydrogen-bond donors (Lipinski definition) is 2. The highest BCUT2D eigenvalue weighted by atomic mass is 19.4. The summed E-state index contributed by atoms with van der Waals surface area (Å²) in [7, 11) is 0. The Balaban J connectivity index is 1.26. The summed E-state index contributed by atoms with van der Waals surface area (Å²) in [5, 5.41) is 5.95. The number of hydrogen-bond acceptors (Lipinski definition) is 4. The van der Waals surface area contributed by atoms with Gasteiger partial charge in [-0.3, -0.25) is 14.5 Å². The Hall–Kier alpha value is -4.63. The number of alkyl halides is 3. The highest BCUT2D eigenvalue weighted by Gasteiger charge is 2.31. The lowest BCUT2D eigenvalue weighted by atomic mass is 9.98. The van der Waals surface area contributed by atoms with E-state index in [9.17, 15) is 22.8 Å². The Bertz CT molecular complexity index is 1600. The molecule has 0 saturated carbocycles. The van der Waals surface area contributed by atoms with Gasteiger partial charge >= 0.3 is 6.18 Å². The van der Waals surface area contributed by atoms with Gasteiger partial charge in [-0.05, 0) is 72.5 Å². The van der Waals surface area contributed by atoms with Crippen molar-refractivity contribution in [3.05, 3.63) is 119 Å². The molecule has 1 fully saturated rings. The van der Waals surface area contributed by atoms with Gasteiger partial charge in [0.25, 0.3) is 5.91 Å². The largest absolute Gasteiger partial charge is 0.416 e. The molecule has 0 radical (unpaired) electrons. The molecule has 0 aromatic heterocycles. The molecule has 1 unspecified atom stereocenters. The zero-order valence-corrected chi connectivity index (χ0v) is 24.7. The van der Waals surface area contributed by atoms with E-state index in [1.54, 1.807) is 24.3 Å². The van der Waals surface area contributed by atoms with Gasteiger partial charge in [0, 0.05) is 49.7 Å². The molecule has 44 heavy (non-hydrogen) atoms. The van der Waals surface area contributed by atoms with Crippen LogP contribution in [0.4, 0.5) is 24.5 Å². The Kier molecular flexibility index (Phi) is 9.35. The summed E-state index contributed by atoms with van der Waals surface area (Å²) in [6.45, 7) is 7.35. The fourth-order valence-corrected chi connectivity index (χ4v) is 5.62. The van der Waals surface area contributed by atoms with Gasteiger partial charge < -0.3 is 15.5 Å². The summed E-state index contributed by atoms with van der Waals surface area (Å²) in [4.78, 5) is 30.8. The van der Waals surface area contributed by atoms with Crippen molar-refractivity contribution in [1.29, 1.82) is 0 Å². The van der Waals surface area contributed by atoms with Gasteiger partial charge in [-0.15, -0.1) is 0 Å². The van der Waals surface area contributed by atoms with Gasteiger partial charge in [0.1, 0.15) is 6.04 Å². The molecule has 1 saturated heterocycles. The third-order valence-corrected chi connectivity index (χ3v) is 7.91. The number of carbonyl (C=O) groups excluding carboxylic acids is 2. The van der Waals surface area contributed by atoms with Crippen molar-refractivity contribution >= 4 is 23.2 Å². The number of anilines is 2. The van der Waals surface area contributed by atoms with Crippen molar-refractivity contribution < 1.29 is 22.8 Å². The van der Waals surface area contributed by atoms with Crippen LogP contribution >= 0.6 is 0 Å². The molecule has 1 aliphatic heterocycles. The van der Waals surface area contributed by atoms with E-state index in [2.05, 4.69) is 20.4 Å². The molecule has 0 aliphatic carbocycles. The van der Waals surface area contributed by atoms with E-state index in [1.165, 1.54) is 12.1 Å². The van der Waals surface area contributed by atoms with Crippen molar-refractivity contribution in [2.75, 3.05) is 42.9 Å². The summed E-state index contributed by atoms with van der Waals surface area (Å²) in [5.41, 5.74) is 4.24. The summed E-state index contributed by atoms with van der Waals surface area (Å²) in [6, 6.07) is 27.0. The van der Waals surface area contributed by atoms with E-state index in [4.69, 9.17) is 0 Å². The van der Waals surface area contributed by atoms with Gasteiger partial charge in [0.05, 0.1) is 5.56 Å². The van der Waals surface area contributed by atoms with Gasteiger partial charge in [-0.2, -0.15) is 13.2 Å². The Morgan fingerprint density at radius 3 is 2.14 bits per heavy atom. The monoisotopic (exact) mass is 600 g/mol. The van der Waals surface area contributed by atoms with E-state index >= 15 is 0 Å². The van der Waals surface area contributed by atoms with Gasteiger partial charge in [0.15, 0.2) is 0 Å². The molecule has 0 bridgehead atoms. The van der Waals surface area contributed by atoms with Gasteiger partial charge in [0.2, 0.25) is 5.91 Å². The molecule has 2 amide bonds. The van der Waals surface area contributed by atoms with E-state index < -0.39 is 11.7 Å². The van der Waals surface area contributed by atoms with Crippen LogP contribution in [0, 0.1) is 6.92 Å². The maximum absolute atomic E-state index is 13.4. The van der Waals surface area contributed by atoms with Crippen molar-refractivity contribution in [1.82, 2.24) is 10.2 Å². The molecule has 5 rings (SSSR count). The summed E-state index contributed by atoms with van der Waals surface area (Å²) >= 11 is 0. The molecule has 2 N–H and O–H groups in total. The van der Waals surface area contributed by atoms with Crippen molar-refractivity contribution in [3.63, 3.8) is 0 Å². The first-order valence-corrected chi connectivity index (χ1v) is 14.7. The molecular formula is C35H35F3N4O2. The predicted octanol–water partition coefficient (Wildman–Crippen LogP) is 6.93. The molecule has 228 valence electrons. The Morgan fingerprint density at radius 2 is 1.50 bits per heavy atom. The number of rotatable bonds is 8. The molecule has 1 atom stereocenters. The molecule has 4 aromatic carbocycles. The minimum atomic E-state index is -4.43. The first-order valence-electron chi connectivity index (χ1n) is 14.7.